The summed E-state index contributed by atoms with van der Waals surface area (Å²) in [4.78, 5) is 25.6. The number of aliphatic hydroxyl groups excluding tert-OH is 1. The van der Waals surface area contributed by atoms with Crippen molar-refractivity contribution in [2.24, 2.45) is 0 Å². The van der Waals surface area contributed by atoms with Gasteiger partial charge in [-0.25, -0.2) is 0 Å². The van der Waals surface area contributed by atoms with Gasteiger partial charge in [-0.3, -0.25) is 14.5 Å². The zero-order chi connectivity index (χ0) is 12.8. The predicted molar refractivity (Wildman–Crippen MR) is 64.9 cm³/mol. The molecule has 3 rings (SSSR count). The Labute approximate surface area is 105 Å². The Morgan fingerprint density at radius 2 is 2.06 bits per heavy atom. The number of rotatable bonds is 2. The van der Waals surface area contributed by atoms with Crippen molar-refractivity contribution in [1.82, 2.24) is 4.90 Å². The fraction of sp³-hybridized carbons (Fsp3) is 0.429. The summed E-state index contributed by atoms with van der Waals surface area (Å²) in [5, 5.41) is 8.94. The lowest BCUT2D eigenvalue weighted by Gasteiger charge is -2.22. The Morgan fingerprint density at radius 3 is 2.83 bits per heavy atom. The number of fused-ring (bicyclic) bond motifs is 2. The first-order valence-electron chi connectivity index (χ1n) is 6.23. The van der Waals surface area contributed by atoms with Crippen molar-refractivity contribution < 1.29 is 14.7 Å². The molecule has 1 aromatic carbocycles. The van der Waals surface area contributed by atoms with Gasteiger partial charge in [-0.2, -0.15) is 0 Å². The first-order chi connectivity index (χ1) is 8.69. The maximum absolute atomic E-state index is 12.5. The van der Waals surface area contributed by atoms with Gasteiger partial charge in [0.25, 0.3) is 0 Å². The summed E-state index contributed by atoms with van der Waals surface area (Å²) in [6.07, 6.45) is 1.81. The number of β-amino-alcohol motifs (C(OH)–C–C–N with tert-alkyl or cyclic N) is 1. The lowest BCUT2D eigenvalue weighted by Crippen LogP contribution is -2.38. The summed E-state index contributed by atoms with van der Waals surface area (Å²) in [5.41, 5.74) is 1.52. The van der Waals surface area contributed by atoms with Crippen molar-refractivity contribution >= 4 is 11.8 Å². The van der Waals surface area contributed by atoms with Gasteiger partial charge >= 0.3 is 0 Å². The molecule has 1 aliphatic heterocycles. The number of amides is 2. The monoisotopic (exact) mass is 245 g/mol. The number of nitrogens with zero attached hydrogens (tertiary/aromatic N) is 1. The van der Waals surface area contributed by atoms with E-state index in [0.29, 0.717) is 6.42 Å². The van der Waals surface area contributed by atoms with Crippen molar-refractivity contribution in [1.29, 1.82) is 0 Å². The van der Waals surface area contributed by atoms with Gasteiger partial charge in [-0.05, 0) is 24.0 Å². The van der Waals surface area contributed by atoms with Crippen LogP contribution in [-0.4, -0.2) is 35.0 Å². The molecule has 1 saturated heterocycles. The number of benzene rings is 1. The highest BCUT2D eigenvalue weighted by Gasteiger charge is 2.54. The van der Waals surface area contributed by atoms with Crippen LogP contribution in [0.2, 0.25) is 0 Å². The van der Waals surface area contributed by atoms with E-state index in [1.807, 2.05) is 24.3 Å². The summed E-state index contributed by atoms with van der Waals surface area (Å²) >= 11 is 0. The molecule has 0 saturated carbocycles. The topological polar surface area (TPSA) is 57.6 Å². The number of aliphatic hydroxyl groups is 1. The maximum Gasteiger partial charge on any atom is 0.240 e. The van der Waals surface area contributed by atoms with Crippen LogP contribution >= 0.6 is 0 Å². The molecule has 4 nitrogen and oxygen atoms in total. The van der Waals surface area contributed by atoms with E-state index >= 15 is 0 Å². The second-order valence-corrected chi connectivity index (χ2v) is 4.99. The summed E-state index contributed by atoms with van der Waals surface area (Å²) in [6, 6.07) is 7.86. The normalized spacial score (nSPS) is 26.2. The minimum atomic E-state index is -0.650. The van der Waals surface area contributed by atoms with Crippen LogP contribution in [0.3, 0.4) is 0 Å². The van der Waals surface area contributed by atoms with E-state index in [2.05, 4.69) is 0 Å². The highest BCUT2D eigenvalue weighted by atomic mass is 16.3. The van der Waals surface area contributed by atoms with Gasteiger partial charge in [0.1, 0.15) is 0 Å². The number of imide groups is 1. The number of carbonyl (C=O) groups is 2. The number of hydrogen-bond donors (Lipinski definition) is 1. The van der Waals surface area contributed by atoms with E-state index in [-0.39, 0.29) is 31.4 Å². The summed E-state index contributed by atoms with van der Waals surface area (Å²) < 4.78 is 0. The van der Waals surface area contributed by atoms with Gasteiger partial charge in [0.2, 0.25) is 11.8 Å². The third kappa shape index (κ3) is 1.35. The van der Waals surface area contributed by atoms with Crippen molar-refractivity contribution in [2.45, 2.75) is 24.7 Å². The highest BCUT2D eigenvalue weighted by Crippen LogP contribution is 2.46. The van der Waals surface area contributed by atoms with Crippen molar-refractivity contribution in [3.8, 4) is 0 Å². The van der Waals surface area contributed by atoms with Gasteiger partial charge in [0.05, 0.1) is 18.6 Å². The quantitative estimate of drug-likeness (QED) is 0.777. The number of carbonyl (C=O) groups excluding carboxylic acids is 2. The Balaban J connectivity index is 2.04. The molecule has 2 amide bonds. The van der Waals surface area contributed by atoms with Crippen LogP contribution in [0.25, 0.3) is 0 Å². The molecule has 4 heteroatoms. The third-order valence-corrected chi connectivity index (χ3v) is 4.09. The van der Waals surface area contributed by atoms with E-state index in [1.54, 1.807) is 0 Å². The lowest BCUT2D eigenvalue weighted by molar-refractivity contribution is -0.140. The SMILES string of the molecule is O=C1C[C@@]2(CCc3ccccc32)C(=O)N1CCO. The molecule has 0 bridgehead atoms. The fourth-order valence-electron chi connectivity index (χ4n) is 3.22. The fourth-order valence-corrected chi connectivity index (χ4v) is 3.22. The zero-order valence-electron chi connectivity index (χ0n) is 10.1. The number of likely N-dealkylation sites (tertiary alicyclic amines) is 1. The average molecular weight is 245 g/mol. The van der Waals surface area contributed by atoms with E-state index in [4.69, 9.17) is 5.11 Å². The third-order valence-electron chi connectivity index (χ3n) is 4.09. The van der Waals surface area contributed by atoms with Crippen LogP contribution in [0.5, 0.6) is 0 Å². The molecule has 1 fully saturated rings. The summed E-state index contributed by atoms with van der Waals surface area (Å²) in [5.74, 6) is -0.294. The molecule has 0 aromatic heterocycles. The Bertz CT molecular complexity index is 526. The standard InChI is InChI=1S/C14H15NO3/c16-8-7-15-12(17)9-14(13(15)18)6-5-10-3-1-2-4-11(10)14/h1-4,16H,5-9H2/t14-/m1/s1. The van der Waals surface area contributed by atoms with E-state index < -0.39 is 5.41 Å². The molecule has 94 valence electrons. The highest BCUT2D eigenvalue weighted by molar-refractivity contribution is 6.09. The lowest BCUT2D eigenvalue weighted by atomic mass is 9.80. The average Bonchev–Trinajstić information content (AvgIpc) is 2.86. The molecule has 1 spiro atoms. The van der Waals surface area contributed by atoms with Gasteiger partial charge in [0.15, 0.2) is 0 Å². The molecular formula is C14H15NO3. The largest absolute Gasteiger partial charge is 0.395 e. The number of aryl methyl sites for hydroxylation is 1. The van der Waals surface area contributed by atoms with Gasteiger partial charge < -0.3 is 5.11 Å². The van der Waals surface area contributed by atoms with Crippen molar-refractivity contribution in [2.75, 3.05) is 13.2 Å². The van der Waals surface area contributed by atoms with Crippen molar-refractivity contribution in [3.05, 3.63) is 35.4 Å². The second kappa shape index (κ2) is 3.92. The Hall–Kier alpha value is -1.68. The summed E-state index contributed by atoms with van der Waals surface area (Å²) in [6.45, 7) is -0.0587. The van der Waals surface area contributed by atoms with Crippen LogP contribution in [0.4, 0.5) is 0 Å². The van der Waals surface area contributed by atoms with Crippen molar-refractivity contribution in [3.63, 3.8) is 0 Å². The van der Waals surface area contributed by atoms with Crippen LogP contribution in [0.1, 0.15) is 24.0 Å². The first kappa shape index (κ1) is 11.4. The number of hydrogen-bond acceptors (Lipinski definition) is 3. The van der Waals surface area contributed by atoms with Crippen LogP contribution in [-0.2, 0) is 21.4 Å². The van der Waals surface area contributed by atoms with Gasteiger partial charge in [-0.15, -0.1) is 0 Å². The van der Waals surface area contributed by atoms with Crippen LogP contribution in [0.15, 0.2) is 24.3 Å². The molecule has 1 atom stereocenters. The molecule has 1 aromatic rings. The Kier molecular flexibility index (Phi) is 2.48. The van der Waals surface area contributed by atoms with E-state index in [0.717, 1.165) is 12.0 Å². The van der Waals surface area contributed by atoms with Crippen LogP contribution in [0, 0.1) is 0 Å². The molecule has 0 radical (unpaired) electrons. The van der Waals surface area contributed by atoms with Gasteiger partial charge in [-0.1, -0.05) is 24.3 Å². The molecular weight excluding hydrogens is 230 g/mol. The molecule has 1 N–H and O–H groups in total. The predicted octanol–water partition coefficient (Wildman–Crippen LogP) is 0.622. The smallest absolute Gasteiger partial charge is 0.240 e. The second-order valence-electron chi connectivity index (χ2n) is 4.99. The van der Waals surface area contributed by atoms with Crippen LogP contribution < -0.4 is 0 Å². The Morgan fingerprint density at radius 1 is 1.28 bits per heavy atom. The molecule has 2 aliphatic rings. The van der Waals surface area contributed by atoms with E-state index in [9.17, 15) is 9.59 Å². The minimum absolute atomic E-state index is 0.113. The van der Waals surface area contributed by atoms with E-state index in [1.165, 1.54) is 10.5 Å². The van der Waals surface area contributed by atoms with Gasteiger partial charge in [0, 0.05) is 6.42 Å². The molecule has 18 heavy (non-hydrogen) atoms. The first-order valence-corrected chi connectivity index (χ1v) is 6.23. The zero-order valence-corrected chi connectivity index (χ0v) is 10.1. The maximum atomic E-state index is 12.5. The molecule has 0 unspecified atom stereocenters. The minimum Gasteiger partial charge on any atom is -0.395 e. The summed E-state index contributed by atoms with van der Waals surface area (Å²) in [7, 11) is 0. The molecule has 1 heterocycles. The molecule has 1 aliphatic carbocycles.